The average molecular weight is 322 g/mol. The summed E-state index contributed by atoms with van der Waals surface area (Å²) in [6, 6.07) is 8.85. The van der Waals surface area contributed by atoms with E-state index in [2.05, 4.69) is 48.0 Å². The smallest absolute Gasteiger partial charge is 0.0105 e. The summed E-state index contributed by atoms with van der Waals surface area (Å²) >= 11 is 0. The van der Waals surface area contributed by atoms with E-state index in [1.165, 1.54) is 11.1 Å². The molecule has 0 bridgehead atoms. The average Bonchev–Trinajstić information content (AvgIpc) is 2.50. The van der Waals surface area contributed by atoms with E-state index in [-0.39, 0.29) is 0 Å². The lowest BCUT2D eigenvalue weighted by Gasteiger charge is -2.30. The van der Waals surface area contributed by atoms with Crippen molar-refractivity contribution in [2.45, 2.75) is 13.3 Å². The zero-order chi connectivity index (χ0) is 17.1. The molecule has 1 aromatic carbocycles. The summed E-state index contributed by atoms with van der Waals surface area (Å²) in [4.78, 5) is 4.71. The van der Waals surface area contributed by atoms with Crippen LogP contribution >= 0.6 is 0 Å². The number of likely N-dealkylation sites (N-methyl/N-ethyl adjacent to an activating group) is 1. The molecule has 23 heavy (non-hydrogen) atoms. The predicted octanol–water partition coefficient (Wildman–Crippen LogP) is 0.264. The van der Waals surface area contributed by atoms with Crippen molar-refractivity contribution in [3.05, 3.63) is 35.4 Å². The van der Waals surface area contributed by atoms with Crippen LogP contribution in [-0.2, 0) is 6.42 Å². The Bertz CT molecular complexity index is 400. The highest BCUT2D eigenvalue weighted by Gasteiger charge is 2.16. The van der Waals surface area contributed by atoms with Crippen LogP contribution < -0.4 is 17.2 Å². The molecule has 0 heterocycles. The van der Waals surface area contributed by atoms with Crippen molar-refractivity contribution in [2.75, 3.05) is 59.4 Å². The van der Waals surface area contributed by atoms with Crippen LogP contribution in [0.1, 0.15) is 11.1 Å². The molecule has 5 nitrogen and oxygen atoms in total. The Morgan fingerprint density at radius 3 is 1.96 bits per heavy atom. The molecule has 1 unspecified atom stereocenters. The molecule has 0 radical (unpaired) electrons. The van der Waals surface area contributed by atoms with Gasteiger partial charge in [0.15, 0.2) is 0 Å². The van der Waals surface area contributed by atoms with Crippen molar-refractivity contribution in [2.24, 2.45) is 23.1 Å². The van der Waals surface area contributed by atoms with Gasteiger partial charge >= 0.3 is 0 Å². The standard InChI is InChI=1S/C18H35N5/c1-16-3-5-17(6-4-16)13-18(14-22(2)10-7-19)15-23(11-8-20)12-9-21/h3-6,18H,7-15,19-21H2,1-2H3. The van der Waals surface area contributed by atoms with E-state index >= 15 is 0 Å². The molecule has 6 N–H and O–H groups in total. The maximum atomic E-state index is 5.74. The monoisotopic (exact) mass is 321 g/mol. The molecule has 0 fully saturated rings. The van der Waals surface area contributed by atoms with Crippen molar-refractivity contribution < 1.29 is 0 Å². The fourth-order valence-corrected chi connectivity index (χ4v) is 3.02. The number of nitrogens with two attached hydrogens (primary N) is 3. The lowest BCUT2D eigenvalue weighted by Crippen LogP contribution is -2.41. The molecule has 0 amide bonds. The molecule has 0 aliphatic carbocycles. The number of aryl methyl sites for hydroxylation is 1. The number of benzene rings is 1. The highest BCUT2D eigenvalue weighted by molar-refractivity contribution is 5.21. The summed E-state index contributed by atoms with van der Waals surface area (Å²) in [6.45, 7) is 8.98. The lowest BCUT2D eigenvalue weighted by atomic mass is 9.97. The van der Waals surface area contributed by atoms with Gasteiger partial charge in [0.1, 0.15) is 0 Å². The maximum absolute atomic E-state index is 5.74. The third-order valence-electron chi connectivity index (χ3n) is 4.13. The van der Waals surface area contributed by atoms with Gasteiger partial charge in [0.05, 0.1) is 0 Å². The second-order valence-electron chi connectivity index (χ2n) is 6.48. The minimum Gasteiger partial charge on any atom is -0.329 e. The number of rotatable bonds is 12. The summed E-state index contributed by atoms with van der Waals surface area (Å²) in [5.74, 6) is 0.548. The van der Waals surface area contributed by atoms with Gasteiger partial charge in [0, 0.05) is 52.4 Å². The quantitative estimate of drug-likeness (QED) is 0.514. The van der Waals surface area contributed by atoms with Crippen LogP contribution in [0.2, 0.25) is 0 Å². The minimum atomic E-state index is 0.548. The fourth-order valence-electron chi connectivity index (χ4n) is 3.02. The SMILES string of the molecule is Cc1ccc(CC(CN(C)CCN)CN(CCN)CCN)cc1. The van der Waals surface area contributed by atoms with Crippen molar-refractivity contribution in [3.63, 3.8) is 0 Å². The Morgan fingerprint density at radius 1 is 0.870 bits per heavy atom. The van der Waals surface area contributed by atoms with Crippen molar-refractivity contribution in [1.29, 1.82) is 0 Å². The van der Waals surface area contributed by atoms with E-state index in [0.717, 1.165) is 39.1 Å². The van der Waals surface area contributed by atoms with Gasteiger partial charge in [-0.25, -0.2) is 0 Å². The Balaban J connectivity index is 2.71. The van der Waals surface area contributed by atoms with Crippen LogP contribution in [0.5, 0.6) is 0 Å². The van der Waals surface area contributed by atoms with Crippen LogP contribution in [-0.4, -0.2) is 69.2 Å². The molecule has 0 aromatic heterocycles. The van der Waals surface area contributed by atoms with Gasteiger partial charge in [-0.1, -0.05) is 29.8 Å². The van der Waals surface area contributed by atoms with E-state index in [1.54, 1.807) is 0 Å². The first kappa shape index (κ1) is 20.1. The van der Waals surface area contributed by atoms with E-state index in [0.29, 0.717) is 25.6 Å². The molecular weight excluding hydrogens is 286 g/mol. The van der Waals surface area contributed by atoms with Crippen molar-refractivity contribution in [3.8, 4) is 0 Å². The third-order valence-corrected chi connectivity index (χ3v) is 4.13. The second kappa shape index (κ2) is 11.5. The molecule has 1 aromatic rings. The Kier molecular flexibility index (Phi) is 10.1. The van der Waals surface area contributed by atoms with Crippen molar-refractivity contribution in [1.82, 2.24) is 9.80 Å². The molecular formula is C18H35N5. The van der Waals surface area contributed by atoms with Crippen LogP contribution in [0, 0.1) is 12.8 Å². The van der Waals surface area contributed by atoms with Gasteiger partial charge in [-0.15, -0.1) is 0 Å². The maximum Gasteiger partial charge on any atom is 0.0105 e. The Labute approximate surface area is 141 Å². The van der Waals surface area contributed by atoms with Crippen molar-refractivity contribution >= 4 is 0 Å². The van der Waals surface area contributed by atoms with Crippen LogP contribution in [0.3, 0.4) is 0 Å². The molecule has 0 saturated carbocycles. The second-order valence-corrected chi connectivity index (χ2v) is 6.48. The molecule has 5 heteroatoms. The first-order chi connectivity index (χ1) is 11.1. The van der Waals surface area contributed by atoms with Gasteiger partial charge in [0.25, 0.3) is 0 Å². The lowest BCUT2D eigenvalue weighted by molar-refractivity contribution is 0.198. The minimum absolute atomic E-state index is 0.548. The zero-order valence-electron chi connectivity index (χ0n) is 14.9. The largest absolute Gasteiger partial charge is 0.329 e. The Hall–Kier alpha value is -0.980. The summed E-state index contributed by atoms with van der Waals surface area (Å²) in [5, 5.41) is 0. The van der Waals surface area contributed by atoms with Crippen LogP contribution in [0.25, 0.3) is 0 Å². The normalized spacial score (nSPS) is 13.0. The highest BCUT2D eigenvalue weighted by Crippen LogP contribution is 2.13. The predicted molar refractivity (Wildman–Crippen MR) is 99.5 cm³/mol. The fraction of sp³-hybridized carbons (Fsp3) is 0.667. The van der Waals surface area contributed by atoms with Gasteiger partial charge in [-0.05, 0) is 31.9 Å². The van der Waals surface area contributed by atoms with E-state index < -0.39 is 0 Å². The summed E-state index contributed by atoms with van der Waals surface area (Å²) in [5.41, 5.74) is 19.9. The highest BCUT2D eigenvalue weighted by atomic mass is 15.2. The summed E-state index contributed by atoms with van der Waals surface area (Å²) in [6.07, 6.45) is 1.07. The zero-order valence-corrected chi connectivity index (χ0v) is 14.9. The van der Waals surface area contributed by atoms with Gasteiger partial charge in [-0.2, -0.15) is 0 Å². The van der Waals surface area contributed by atoms with E-state index in [1.807, 2.05) is 0 Å². The first-order valence-electron chi connectivity index (χ1n) is 8.65. The molecule has 0 aliphatic heterocycles. The van der Waals surface area contributed by atoms with E-state index in [9.17, 15) is 0 Å². The van der Waals surface area contributed by atoms with Gasteiger partial charge < -0.3 is 27.0 Å². The topological polar surface area (TPSA) is 84.5 Å². The van der Waals surface area contributed by atoms with Crippen LogP contribution in [0.4, 0.5) is 0 Å². The van der Waals surface area contributed by atoms with Gasteiger partial charge in [0.2, 0.25) is 0 Å². The van der Waals surface area contributed by atoms with Crippen LogP contribution in [0.15, 0.2) is 24.3 Å². The number of hydrogen-bond acceptors (Lipinski definition) is 5. The first-order valence-corrected chi connectivity index (χ1v) is 8.65. The molecule has 1 rings (SSSR count). The molecule has 1 atom stereocenters. The summed E-state index contributed by atoms with van der Waals surface area (Å²) in [7, 11) is 2.14. The Morgan fingerprint density at radius 2 is 1.43 bits per heavy atom. The molecule has 132 valence electrons. The van der Waals surface area contributed by atoms with Gasteiger partial charge in [-0.3, -0.25) is 0 Å². The molecule has 0 spiro atoms. The van der Waals surface area contributed by atoms with E-state index in [4.69, 9.17) is 17.2 Å². The molecule has 0 aliphatic rings. The third kappa shape index (κ3) is 8.44. The number of nitrogens with zero attached hydrogens (tertiary/aromatic N) is 2. The summed E-state index contributed by atoms with van der Waals surface area (Å²) < 4.78 is 0. The molecule has 0 saturated heterocycles. The number of hydrogen-bond donors (Lipinski definition) is 3.